The zero-order valence-electron chi connectivity index (χ0n) is 11.3. The first-order chi connectivity index (χ1) is 9.02. The molecule has 0 radical (unpaired) electrons. The van der Waals surface area contributed by atoms with Crippen molar-refractivity contribution in [1.29, 1.82) is 0 Å². The van der Waals surface area contributed by atoms with Crippen LogP contribution in [0.1, 0.15) is 42.1 Å². The summed E-state index contributed by atoms with van der Waals surface area (Å²) < 4.78 is 13.9. The van der Waals surface area contributed by atoms with Gasteiger partial charge in [0.15, 0.2) is 0 Å². The summed E-state index contributed by atoms with van der Waals surface area (Å²) in [6.45, 7) is 3.63. The Labute approximate surface area is 112 Å². The minimum Gasteiger partial charge on any atom is -0.393 e. The quantitative estimate of drug-likeness (QED) is 0.878. The zero-order chi connectivity index (χ0) is 14.0. The lowest BCUT2D eigenvalue weighted by molar-refractivity contribution is 0.0232. The third-order valence-corrected chi connectivity index (χ3v) is 3.91. The smallest absolute Gasteiger partial charge is 0.254 e. The van der Waals surface area contributed by atoms with E-state index in [9.17, 15) is 14.3 Å². The zero-order valence-corrected chi connectivity index (χ0v) is 11.3. The van der Waals surface area contributed by atoms with Crippen molar-refractivity contribution in [3.63, 3.8) is 0 Å². The highest BCUT2D eigenvalue weighted by molar-refractivity contribution is 5.94. The van der Waals surface area contributed by atoms with Crippen molar-refractivity contribution >= 4 is 5.91 Å². The summed E-state index contributed by atoms with van der Waals surface area (Å²) in [5.41, 5.74) is 0.568. The Morgan fingerprint density at radius 3 is 2.79 bits per heavy atom. The molecule has 19 heavy (non-hydrogen) atoms. The molecule has 0 bridgehead atoms. The summed E-state index contributed by atoms with van der Waals surface area (Å²) in [5.74, 6) is -0.519. The molecule has 1 atom stereocenters. The SMILES string of the molecule is CC[C@H](NC(=O)c1cccc(C)c1F)C1CC(O)C1. The number of aliphatic hydroxyl groups is 1. The monoisotopic (exact) mass is 265 g/mol. The molecule has 0 aliphatic heterocycles. The van der Waals surface area contributed by atoms with Gasteiger partial charge in [0, 0.05) is 6.04 Å². The molecule has 0 saturated heterocycles. The molecule has 2 rings (SSSR count). The molecule has 4 heteroatoms. The number of hydrogen-bond donors (Lipinski definition) is 2. The van der Waals surface area contributed by atoms with E-state index >= 15 is 0 Å². The van der Waals surface area contributed by atoms with Crippen LogP contribution in [0.5, 0.6) is 0 Å². The van der Waals surface area contributed by atoms with Gasteiger partial charge in [-0.25, -0.2) is 4.39 Å². The van der Waals surface area contributed by atoms with Gasteiger partial charge in [-0.05, 0) is 43.7 Å². The van der Waals surface area contributed by atoms with Crippen LogP contribution < -0.4 is 5.32 Å². The number of carbonyl (C=O) groups excluding carboxylic acids is 1. The van der Waals surface area contributed by atoms with E-state index in [-0.39, 0.29) is 23.6 Å². The van der Waals surface area contributed by atoms with Crippen LogP contribution in [-0.4, -0.2) is 23.2 Å². The Morgan fingerprint density at radius 1 is 1.53 bits per heavy atom. The fraction of sp³-hybridized carbons (Fsp3) is 0.533. The van der Waals surface area contributed by atoms with E-state index in [4.69, 9.17) is 0 Å². The van der Waals surface area contributed by atoms with Gasteiger partial charge in [0.2, 0.25) is 0 Å². The predicted octanol–water partition coefficient (Wildman–Crippen LogP) is 2.41. The van der Waals surface area contributed by atoms with E-state index in [0.717, 1.165) is 19.3 Å². The van der Waals surface area contributed by atoms with Crippen LogP contribution in [0.4, 0.5) is 4.39 Å². The lowest BCUT2D eigenvalue weighted by Gasteiger charge is -2.37. The largest absolute Gasteiger partial charge is 0.393 e. The number of amides is 1. The van der Waals surface area contributed by atoms with Gasteiger partial charge in [0.1, 0.15) is 5.82 Å². The molecule has 0 spiro atoms. The van der Waals surface area contributed by atoms with Crippen LogP contribution in [0.15, 0.2) is 18.2 Å². The molecule has 2 N–H and O–H groups in total. The standard InChI is InChI=1S/C15H20FNO2/c1-3-13(10-7-11(18)8-10)17-15(19)12-6-4-5-9(2)14(12)16/h4-6,10-11,13,18H,3,7-8H2,1-2H3,(H,17,19)/t10?,11?,13-/m0/s1. The molecule has 1 fully saturated rings. The van der Waals surface area contributed by atoms with Crippen molar-refractivity contribution in [2.75, 3.05) is 0 Å². The number of benzene rings is 1. The number of aryl methyl sites for hydroxylation is 1. The number of nitrogens with one attached hydrogen (secondary N) is 1. The van der Waals surface area contributed by atoms with Gasteiger partial charge >= 0.3 is 0 Å². The Kier molecular flexibility index (Phi) is 4.20. The van der Waals surface area contributed by atoms with Gasteiger partial charge in [-0.15, -0.1) is 0 Å². The number of hydrogen-bond acceptors (Lipinski definition) is 2. The highest BCUT2D eigenvalue weighted by atomic mass is 19.1. The minimum atomic E-state index is -0.455. The first-order valence-corrected chi connectivity index (χ1v) is 6.77. The second-order valence-electron chi connectivity index (χ2n) is 5.31. The van der Waals surface area contributed by atoms with Crippen molar-refractivity contribution in [2.24, 2.45) is 5.92 Å². The molecule has 3 nitrogen and oxygen atoms in total. The van der Waals surface area contributed by atoms with Gasteiger partial charge < -0.3 is 10.4 Å². The van der Waals surface area contributed by atoms with E-state index in [1.165, 1.54) is 6.07 Å². The number of carbonyl (C=O) groups is 1. The van der Waals surface area contributed by atoms with Crippen molar-refractivity contribution in [1.82, 2.24) is 5.32 Å². The van der Waals surface area contributed by atoms with E-state index < -0.39 is 5.82 Å². The van der Waals surface area contributed by atoms with Crippen molar-refractivity contribution in [3.05, 3.63) is 35.1 Å². The molecular weight excluding hydrogens is 245 g/mol. The maximum absolute atomic E-state index is 13.9. The first-order valence-electron chi connectivity index (χ1n) is 6.77. The minimum absolute atomic E-state index is 0.0100. The van der Waals surface area contributed by atoms with Gasteiger partial charge in [0.25, 0.3) is 5.91 Å². The van der Waals surface area contributed by atoms with Crippen molar-refractivity contribution < 1.29 is 14.3 Å². The fourth-order valence-corrected chi connectivity index (χ4v) is 2.58. The topological polar surface area (TPSA) is 49.3 Å². The van der Waals surface area contributed by atoms with Crippen molar-refractivity contribution in [2.45, 2.75) is 45.3 Å². The molecule has 0 aromatic heterocycles. The lowest BCUT2D eigenvalue weighted by Crippen LogP contribution is -2.46. The van der Waals surface area contributed by atoms with Crippen LogP contribution >= 0.6 is 0 Å². The molecule has 1 aromatic carbocycles. The average Bonchev–Trinajstić information content (AvgIpc) is 2.35. The molecule has 1 aliphatic carbocycles. The van der Waals surface area contributed by atoms with Gasteiger partial charge in [-0.3, -0.25) is 4.79 Å². The second kappa shape index (κ2) is 5.70. The number of rotatable bonds is 4. The summed E-state index contributed by atoms with van der Waals surface area (Å²) >= 11 is 0. The summed E-state index contributed by atoms with van der Waals surface area (Å²) in [7, 11) is 0. The second-order valence-corrected chi connectivity index (χ2v) is 5.31. The van der Waals surface area contributed by atoms with Gasteiger partial charge in [-0.2, -0.15) is 0 Å². The van der Waals surface area contributed by atoms with Crippen molar-refractivity contribution in [3.8, 4) is 0 Å². The highest BCUT2D eigenvalue weighted by Crippen LogP contribution is 2.31. The lowest BCUT2D eigenvalue weighted by atomic mass is 9.76. The molecular formula is C15H20FNO2. The first kappa shape index (κ1) is 14.0. The molecule has 1 saturated carbocycles. The molecule has 0 heterocycles. The summed E-state index contributed by atoms with van der Waals surface area (Å²) in [6.07, 6.45) is 1.98. The van der Waals surface area contributed by atoms with Crippen LogP contribution in [0, 0.1) is 18.7 Å². The highest BCUT2D eigenvalue weighted by Gasteiger charge is 2.34. The van der Waals surface area contributed by atoms with Crippen LogP contribution in [0.25, 0.3) is 0 Å². The van der Waals surface area contributed by atoms with Crippen LogP contribution in [-0.2, 0) is 0 Å². The Hall–Kier alpha value is -1.42. The number of halogens is 1. The molecule has 1 amide bonds. The van der Waals surface area contributed by atoms with E-state index in [2.05, 4.69) is 5.32 Å². The van der Waals surface area contributed by atoms with E-state index in [1.807, 2.05) is 6.92 Å². The van der Waals surface area contributed by atoms with Gasteiger partial charge in [-0.1, -0.05) is 19.1 Å². The van der Waals surface area contributed by atoms with Crippen LogP contribution in [0.3, 0.4) is 0 Å². The normalized spacial score (nSPS) is 23.6. The Bertz CT molecular complexity index is 469. The summed E-state index contributed by atoms with van der Waals surface area (Å²) in [4.78, 5) is 12.1. The number of aliphatic hydroxyl groups excluding tert-OH is 1. The average molecular weight is 265 g/mol. The Balaban J connectivity index is 2.05. The summed E-state index contributed by atoms with van der Waals surface area (Å²) in [5, 5.41) is 12.2. The maximum Gasteiger partial charge on any atom is 0.254 e. The third kappa shape index (κ3) is 2.95. The third-order valence-electron chi connectivity index (χ3n) is 3.91. The molecule has 0 unspecified atom stereocenters. The van der Waals surface area contributed by atoms with Crippen LogP contribution in [0.2, 0.25) is 0 Å². The summed E-state index contributed by atoms with van der Waals surface area (Å²) in [6, 6.07) is 4.84. The molecule has 104 valence electrons. The fourth-order valence-electron chi connectivity index (χ4n) is 2.58. The Morgan fingerprint density at radius 2 is 2.21 bits per heavy atom. The van der Waals surface area contributed by atoms with E-state index in [0.29, 0.717) is 11.5 Å². The maximum atomic E-state index is 13.9. The van der Waals surface area contributed by atoms with E-state index in [1.54, 1.807) is 19.1 Å². The van der Waals surface area contributed by atoms with Gasteiger partial charge in [0.05, 0.1) is 11.7 Å². The molecule has 1 aliphatic rings. The molecule has 1 aromatic rings. The predicted molar refractivity (Wildman–Crippen MR) is 71.4 cm³/mol.